The Hall–Kier alpha value is -1.21. The van der Waals surface area contributed by atoms with Crippen LogP contribution in [0.2, 0.25) is 0 Å². The first kappa shape index (κ1) is 15.8. The van der Waals surface area contributed by atoms with Gasteiger partial charge < -0.3 is 10.1 Å². The summed E-state index contributed by atoms with van der Waals surface area (Å²) in [7, 11) is 1.65. The van der Waals surface area contributed by atoms with Gasteiger partial charge in [-0.3, -0.25) is 10.1 Å². The van der Waals surface area contributed by atoms with E-state index in [0.717, 1.165) is 25.3 Å². The largest absolute Gasteiger partial charge is 0.385 e. The number of hydrogen-bond donors (Lipinski definition) is 1. The molecule has 0 amide bonds. The third kappa shape index (κ3) is 5.12. The Labute approximate surface area is 119 Å². The van der Waals surface area contributed by atoms with Crippen LogP contribution in [0, 0.1) is 15.9 Å². The van der Waals surface area contributed by atoms with E-state index < -0.39 is 10.7 Å². The highest BCUT2D eigenvalue weighted by Gasteiger charge is 2.17. The van der Waals surface area contributed by atoms with Gasteiger partial charge in [0, 0.05) is 20.3 Å². The van der Waals surface area contributed by atoms with Gasteiger partial charge in [0.2, 0.25) is 0 Å². The van der Waals surface area contributed by atoms with Gasteiger partial charge in [-0.15, -0.1) is 0 Å². The molecule has 0 aliphatic heterocycles. The van der Waals surface area contributed by atoms with Crippen LogP contribution in [-0.4, -0.2) is 25.2 Å². The Morgan fingerprint density at radius 1 is 1.42 bits per heavy atom. The van der Waals surface area contributed by atoms with E-state index in [9.17, 15) is 14.5 Å². The van der Waals surface area contributed by atoms with E-state index in [-0.39, 0.29) is 10.2 Å². The zero-order valence-electron chi connectivity index (χ0n) is 10.6. The standard InChI is InChI=1S/C12H16BrFN2O3/c1-19-6-4-2-3-5-15-11-7-9(13)10(14)8-12(11)16(17)18/h7-8,15H,2-6H2,1H3. The Morgan fingerprint density at radius 3 is 2.79 bits per heavy atom. The molecule has 0 saturated carbocycles. The van der Waals surface area contributed by atoms with E-state index in [1.807, 2.05) is 0 Å². The van der Waals surface area contributed by atoms with Gasteiger partial charge >= 0.3 is 0 Å². The van der Waals surface area contributed by atoms with Crippen LogP contribution >= 0.6 is 15.9 Å². The number of unbranched alkanes of at least 4 members (excludes halogenated alkanes) is 2. The molecule has 7 heteroatoms. The van der Waals surface area contributed by atoms with E-state index >= 15 is 0 Å². The summed E-state index contributed by atoms with van der Waals surface area (Å²) < 4.78 is 18.4. The topological polar surface area (TPSA) is 64.4 Å². The summed E-state index contributed by atoms with van der Waals surface area (Å²) in [6.07, 6.45) is 2.79. The lowest BCUT2D eigenvalue weighted by atomic mass is 10.2. The highest BCUT2D eigenvalue weighted by molar-refractivity contribution is 9.10. The first-order chi connectivity index (χ1) is 9.06. The lowest BCUT2D eigenvalue weighted by molar-refractivity contribution is -0.384. The lowest BCUT2D eigenvalue weighted by Gasteiger charge is -2.08. The molecule has 106 valence electrons. The molecule has 0 radical (unpaired) electrons. The number of nitrogens with zero attached hydrogens (tertiary/aromatic N) is 1. The Bertz CT molecular complexity index is 443. The number of rotatable bonds is 8. The van der Waals surface area contributed by atoms with Crippen LogP contribution in [0.4, 0.5) is 15.8 Å². The van der Waals surface area contributed by atoms with Crippen molar-refractivity contribution in [2.45, 2.75) is 19.3 Å². The molecule has 0 aliphatic rings. The van der Waals surface area contributed by atoms with Crippen molar-refractivity contribution < 1.29 is 14.1 Å². The van der Waals surface area contributed by atoms with Gasteiger partial charge in [0.1, 0.15) is 11.5 Å². The molecule has 0 atom stereocenters. The molecule has 0 unspecified atom stereocenters. The number of nitro benzene ring substituents is 1. The Balaban J connectivity index is 2.57. The predicted octanol–water partition coefficient (Wildman–Crippen LogP) is 3.73. The lowest BCUT2D eigenvalue weighted by Crippen LogP contribution is -2.05. The number of ether oxygens (including phenoxy) is 1. The second-order valence-corrected chi connectivity index (χ2v) is 4.88. The number of halogens is 2. The average Bonchev–Trinajstić information content (AvgIpc) is 2.37. The summed E-state index contributed by atoms with van der Waals surface area (Å²) in [5.41, 5.74) is 0.0719. The normalized spacial score (nSPS) is 10.5. The van der Waals surface area contributed by atoms with Crippen molar-refractivity contribution in [3.05, 3.63) is 32.5 Å². The fourth-order valence-electron chi connectivity index (χ4n) is 1.60. The summed E-state index contributed by atoms with van der Waals surface area (Å²) >= 11 is 3.02. The van der Waals surface area contributed by atoms with Gasteiger partial charge in [-0.1, -0.05) is 0 Å². The highest BCUT2D eigenvalue weighted by atomic mass is 79.9. The Morgan fingerprint density at radius 2 is 2.16 bits per heavy atom. The molecule has 0 aliphatic carbocycles. The molecule has 5 nitrogen and oxygen atoms in total. The number of nitro groups is 1. The van der Waals surface area contributed by atoms with Crippen LogP contribution in [0.3, 0.4) is 0 Å². The number of hydrogen-bond acceptors (Lipinski definition) is 4. The monoisotopic (exact) mass is 334 g/mol. The summed E-state index contributed by atoms with van der Waals surface area (Å²) in [5.74, 6) is -0.641. The van der Waals surface area contributed by atoms with Gasteiger partial charge in [0.05, 0.1) is 15.5 Å². The molecular formula is C12H16BrFN2O3. The number of benzene rings is 1. The fraction of sp³-hybridized carbons (Fsp3) is 0.500. The van der Waals surface area contributed by atoms with E-state index in [1.165, 1.54) is 6.07 Å². The molecule has 0 fully saturated rings. The molecule has 1 rings (SSSR count). The van der Waals surface area contributed by atoms with Crippen molar-refractivity contribution in [1.82, 2.24) is 0 Å². The minimum absolute atomic E-state index is 0.208. The maximum atomic E-state index is 13.3. The van der Waals surface area contributed by atoms with E-state index in [4.69, 9.17) is 4.74 Å². The van der Waals surface area contributed by atoms with E-state index in [2.05, 4.69) is 21.2 Å². The van der Waals surface area contributed by atoms with Gasteiger partial charge in [0.15, 0.2) is 0 Å². The van der Waals surface area contributed by atoms with Crippen molar-refractivity contribution >= 4 is 27.3 Å². The molecule has 0 bridgehead atoms. The first-order valence-corrected chi connectivity index (χ1v) is 6.71. The fourth-order valence-corrected chi connectivity index (χ4v) is 1.94. The van der Waals surface area contributed by atoms with Crippen molar-refractivity contribution in [1.29, 1.82) is 0 Å². The number of nitrogens with one attached hydrogen (secondary N) is 1. The Kier molecular flexibility index (Phi) is 6.72. The molecule has 0 saturated heterocycles. The molecule has 1 aromatic carbocycles. The maximum Gasteiger partial charge on any atom is 0.295 e. The van der Waals surface area contributed by atoms with E-state index in [1.54, 1.807) is 7.11 Å². The zero-order valence-corrected chi connectivity index (χ0v) is 12.2. The second-order valence-electron chi connectivity index (χ2n) is 4.02. The van der Waals surface area contributed by atoms with Crippen LogP contribution in [0.15, 0.2) is 16.6 Å². The molecule has 0 aromatic heterocycles. The van der Waals surface area contributed by atoms with Crippen LogP contribution in [0.1, 0.15) is 19.3 Å². The number of anilines is 1. The van der Waals surface area contributed by atoms with Gasteiger partial charge in [-0.2, -0.15) is 0 Å². The minimum Gasteiger partial charge on any atom is -0.385 e. The van der Waals surface area contributed by atoms with Crippen molar-refractivity contribution in [3.8, 4) is 0 Å². The summed E-state index contributed by atoms with van der Waals surface area (Å²) in [4.78, 5) is 10.2. The molecular weight excluding hydrogens is 319 g/mol. The smallest absolute Gasteiger partial charge is 0.295 e. The summed E-state index contributed by atoms with van der Waals surface area (Å²) in [5, 5.41) is 13.8. The molecule has 1 aromatic rings. The van der Waals surface area contributed by atoms with Crippen LogP contribution in [-0.2, 0) is 4.74 Å². The molecule has 0 spiro atoms. The number of methoxy groups -OCH3 is 1. The third-order valence-corrected chi connectivity index (χ3v) is 3.18. The SMILES string of the molecule is COCCCCCNc1cc(Br)c(F)cc1[N+](=O)[O-]. The van der Waals surface area contributed by atoms with Crippen LogP contribution in [0.25, 0.3) is 0 Å². The van der Waals surface area contributed by atoms with Gasteiger partial charge in [0.25, 0.3) is 5.69 Å². The van der Waals surface area contributed by atoms with E-state index in [0.29, 0.717) is 18.8 Å². The molecule has 0 heterocycles. The quantitative estimate of drug-likeness (QED) is 0.447. The van der Waals surface area contributed by atoms with Crippen molar-refractivity contribution in [2.75, 3.05) is 25.6 Å². The first-order valence-electron chi connectivity index (χ1n) is 5.92. The van der Waals surface area contributed by atoms with Crippen molar-refractivity contribution in [2.24, 2.45) is 0 Å². The minimum atomic E-state index is -0.641. The highest BCUT2D eigenvalue weighted by Crippen LogP contribution is 2.30. The van der Waals surface area contributed by atoms with Crippen LogP contribution < -0.4 is 5.32 Å². The summed E-state index contributed by atoms with van der Waals surface area (Å²) in [6, 6.07) is 2.31. The predicted molar refractivity (Wildman–Crippen MR) is 75.0 cm³/mol. The van der Waals surface area contributed by atoms with Crippen molar-refractivity contribution in [3.63, 3.8) is 0 Å². The average molecular weight is 335 g/mol. The van der Waals surface area contributed by atoms with Crippen LogP contribution in [0.5, 0.6) is 0 Å². The molecule has 19 heavy (non-hydrogen) atoms. The molecule has 1 N–H and O–H groups in total. The van der Waals surface area contributed by atoms with Gasteiger partial charge in [-0.25, -0.2) is 4.39 Å². The second kappa shape index (κ2) is 8.06. The zero-order chi connectivity index (χ0) is 14.3. The third-order valence-electron chi connectivity index (χ3n) is 2.58. The summed E-state index contributed by atoms with van der Waals surface area (Å²) in [6.45, 7) is 1.31. The van der Waals surface area contributed by atoms with Gasteiger partial charge in [-0.05, 0) is 41.3 Å². The maximum absolute atomic E-state index is 13.3.